The van der Waals surface area contributed by atoms with E-state index in [0.29, 0.717) is 30.1 Å². The summed E-state index contributed by atoms with van der Waals surface area (Å²) in [6, 6.07) is 7.10. The predicted octanol–water partition coefficient (Wildman–Crippen LogP) is 2.26. The Morgan fingerprint density at radius 3 is 2.65 bits per heavy atom. The second kappa shape index (κ2) is 4.83. The van der Waals surface area contributed by atoms with Crippen molar-refractivity contribution in [2.45, 2.75) is 26.1 Å². The number of nitrogens with two attached hydrogens (primary N) is 1. The summed E-state index contributed by atoms with van der Waals surface area (Å²) < 4.78 is 11.3. The van der Waals surface area contributed by atoms with Crippen LogP contribution in [-0.2, 0) is 4.74 Å². The fourth-order valence-electron chi connectivity index (χ4n) is 2.67. The third-order valence-corrected chi connectivity index (χ3v) is 3.46. The monoisotopic (exact) mass is 274 g/mol. The molecule has 2 heterocycles. The van der Waals surface area contributed by atoms with Crippen molar-refractivity contribution < 1.29 is 13.9 Å². The zero-order valence-corrected chi connectivity index (χ0v) is 11.6. The molecule has 0 unspecified atom stereocenters. The molecule has 0 bridgehead atoms. The zero-order chi connectivity index (χ0) is 14.3. The third kappa shape index (κ3) is 2.36. The number of amides is 1. The van der Waals surface area contributed by atoms with Crippen molar-refractivity contribution >= 4 is 22.6 Å². The molecule has 1 aromatic heterocycles. The topological polar surface area (TPSA) is 68.7 Å². The van der Waals surface area contributed by atoms with E-state index in [4.69, 9.17) is 14.9 Å². The first-order chi connectivity index (χ1) is 9.52. The van der Waals surface area contributed by atoms with Gasteiger partial charge in [-0.2, -0.15) is 0 Å². The van der Waals surface area contributed by atoms with Crippen molar-refractivity contribution in [3.8, 4) is 0 Å². The number of anilines is 1. The van der Waals surface area contributed by atoms with Crippen LogP contribution in [0.15, 0.2) is 28.7 Å². The van der Waals surface area contributed by atoms with Crippen LogP contribution in [-0.4, -0.2) is 36.1 Å². The van der Waals surface area contributed by atoms with Crippen LogP contribution in [0.3, 0.4) is 0 Å². The lowest BCUT2D eigenvalue weighted by molar-refractivity contribution is -0.0591. The molecule has 1 aliphatic rings. The molecular formula is C15H18N2O3. The molecule has 2 atom stereocenters. The van der Waals surface area contributed by atoms with Crippen LogP contribution >= 0.6 is 0 Å². The highest BCUT2D eigenvalue weighted by atomic mass is 16.5. The molecule has 1 saturated heterocycles. The number of benzene rings is 1. The van der Waals surface area contributed by atoms with Crippen LogP contribution in [0.4, 0.5) is 5.69 Å². The van der Waals surface area contributed by atoms with Crippen molar-refractivity contribution in [1.29, 1.82) is 0 Å². The van der Waals surface area contributed by atoms with Crippen LogP contribution in [0.2, 0.25) is 0 Å². The van der Waals surface area contributed by atoms with Crippen molar-refractivity contribution in [2.24, 2.45) is 0 Å². The molecule has 1 aromatic carbocycles. The van der Waals surface area contributed by atoms with E-state index in [2.05, 4.69) is 0 Å². The molecule has 2 aromatic rings. The van der Waals surface area contributed by atoms with Gasteiger partial charge in [0.25, 0.3) is 5.91 Å². The van der Waals surface area contributed by atoms with Crippen molar-refractivity contribution in [3.63, 3.8) is 0 Å². The Labute approximate surface area is 117 Å². The van der Waals surface area contributed by atoms with Gasteiger partial charge in [0.1, 0.15) is 5.58 Å². The minimum Gasteiger partial charge on any atom is -0.451 e. The Balaban J connectivity index is 1.88. The summed E-state index contributed by atoms with van der Waals surface area (Å²) in [6.45, 7) is 5.11. The number of carbonyl (C=O) groups is 1. The van der Waals surface area contributed by atoms with Crippen molar-refractivity contribution in [1.82, 2.24) is 4.90 Å². The van der Waals surface area contributed by atoms with Gasteiger partial charge < -0.3 is 19.8 Å². The molecule has 5 heteroatoms. The van der Waals surface area contributed by atoms with Crippen molar-refractivity contribution in [3.05, 3.63) is 30.0 Å². The maximum atomic E-state index is 12.5. The van der Waals surface area contributed by atoms with E-state index in [0.717, 1.165) is 5.39 Å². The van der Waals surface area contributed by atoms with Gasteiger partial charge in [0.15, 0.2) is 5.76 Å². The van der Waals surface area contributed by atoms with Crippen molar-refractivity contribution in [2.75, 3.05) is 18.8 Å². The number of hydrogen-bond acceptors (Lipinski definition) is 4. The van der Waals surface area contributed by atoms with Gasteiger partial charge in [-0.05, 0) is 38.1 Å². The number of morpholine rings is 1. The summed E-state index contributed by atoms with van der Waals surface area (Å²) in [4.78, 5) is 14.3. The maximum Gasteiger partial charge on any atom is 0.289 e. The number of fused-ring (bicyclic) bond motifs is 1. The second-order valence-corrected chi connectivity index (χ2v) is 5.38. The van der Waals surface area contributed by atoms with E-state index in [-0.39, 0.29) is 18.1 Å². The van der Waals surface area contributed by atoms with Crippen LogP contribution in [0, 0.1) is 0 Å². The number of nitrogens with zero attached hydrogens (tertiary/aromatic N) is 1. The third-order valence-electron chi connectivity index (χ3n) is 3.46. The number of rotatable bonds is 1. The van der Waals surface area contributed by atoms with Crippen LogP contribution in [0.1, 0.15) is 24.4 Å². The van der Waals surface area contributed by atoms with Gasteiger partial charge >= 0.3 is 0 Å². The summed E-state index contributed by atoms with van der Waals surface area (Å²) in [7, 11) is 0. The first kappa shape index (κ1) is 13.0. The molecule has 20 heavy (non-hydrogen) atoms. The molecule has 0 saturated carbocycles. The number of nitrogen functional groups attached to an aromatic ring is 1. The largest absolute Gasteiger partial charge is 0.451 e. The van der Waals surface area contributed by atoms with E-state index >= 15 is 0 Å². The van der Waals surface area contributed by atoms with Gasteiger partial charge in [-0.15, -0.1) is 0 Å². The van der Waals surface area contributed by atoms with E-state index in [9.17, 15) is 4.79 Å². The quantitative estimate of drug-likeness (QED) is 0.810. The first-order valence-corrected chi connectivity index (χ1v) is 6.77. The molecular weight excluding hydrogens is 256 g/mol. The summed E-state index contributed by atoms with van der Waals surface area (Å²) in [6.07, 6.45) is 0.0884. The van der Waals surface area contributed by atoms with Gasteiger partial charge in [0.05, 0.1) is 12.2 Å². The second-order valence-electron chi connectivity index (χ2n) is 5.38. The Bertz CT molecular complexity index is 640. The number of hydrogen-bond donors (Lipinski definition) is 1. The highest BCUT2D eigenvalue weighted by molar-refractivity contribution is 5.96. The first-order valence-electron chi connectivity index (χ1n) is 6.77. The van der Waals surface area contributed by atoms with Gasteiger partial charge in [0, 0.05) is 24.2 Å². The smallest absolute Gasteiger partial charge is 0.289 e. The van der Waals surface area contributed by atoms with E-state index < -0.39 is 0 Å². The number of ether oxygens (including phenoxy) is 1. The molecule has 1 aliphatic heterocycles. The standard InChI is InChI=1S/C15H18N2O3/c1-9-7-17(8-10(2)19-9)15(18)14-6-11-5-12(16)3-4-13(11)20-14/h3-6,9-10H,7-8,16H2,1-2H3/t9-,10+. The van der Waals surface area contributed by atoms with E-state index in [1.165, 1.54) is 0 Å². The fourth-order valence-corrected chi connectivity index (χ4v) is 2.67. The predicted molar refractivity (Wildman–Crippen MR) is 76.5 cm³/mol. The average molecular weight is 274 g/mol. The summed E-state index contributed by atoms with van der Waals surface area (Å²) >= 11 is 0. The van der Waals surface area contributed by atoms with Gasteiger partial charge in [-0.25, -0.2) is 0 Å². The normalized spacial score (nSPS) is 23.2. The summed E-state index contributed by atoms with van der Waals surface area (Å²) in [5, 5.41) is 0.850. The average Bonchev–Trinajstić information content (AvgIpc) is 2.79. The molecule has 106 valence electrons. The molecule has 0 spiro atoms. The lowest BCUT2D eigenvalue weighted by Crippen LogP contribution is -2.48. The molecule has 5 nitrogen and oxygen atoms in total. The van der Waals surface area contributed by atoms with Gasteiger partial charge in [0.2, 0.25) is 0 Å². The molecule has 2 N–H and O–H groups in total. The molecule has 0 aliphatic carbocycles. The minimum atomic E-state index is -0.0956. The van der Waals surface area contributed by atoms with Gasteiger partial charge in [-0.3, -0.25) is 4.79 Å². The Hall–Kier alpha value is -2.01. The lowest BCUT2D eigenvalue weighted by Gasteiger charge is -2.34. The highest BCUT2D eigenvalue weighted by Gasteiger charge is 2.28. The minimum absolute atomic E-state index is 0.0442. The van der Waals surface area contributed by atoms with Crippen LogP contribution in [0.25, 0.3) is 11.0 Å². The molecule has 1 fully saturated rings. The van der Waals surface area contributed by atoms with Gasteiger partial charge in [-0.1, -0.05) is 0 Å². The zero-order valence-electron chi connectivity index (χ0n) is 11.6. The van der Waals surface area contributed by atoms with E-state index in [1.54, 1.807) is 29.2 Å². The number of carbonyl (C=O) groups excluding carboxylic acids is 1. The fraction of sp³-hybridized carbons (Fsp3) is 0.400. The maximum absolute atomic E-state index is 12.5. The Morgan fingerprint density at radius 2 is 1.95 bits per heavy atom. The highest BCUT2D eigenvalue weighted by Crippen LogP contribution is 2.23. The Morgan fingerprint density at radius 1 is 1.25 bits per heavy atom. The number of furan rings is 1. The SMILES string of the molecule is C[C@@H]1CN(C(=O)c2cc3cc(N)ccc3o2)C[C@H](C)O1. The lowest BCUT2D eigenvalue weighted by atomic mass is 10.2. The Kier molecular flexibility index (Phi) is 3.14. The molecule has 0 radical (unpaired) electrons. The summed E-state index contributed by atoms with van der Waals surface area (Å²) in [5.74, 6) is 0.258. The molecule has 1 amide bonds. The summed E-state index contributed by atoms with van der Waals surface area (Å²) in [5.41, 5.74) is 7.07. The van der Waals surface area contributed by atoms with Crippen LogP contribution < -0.4 is 5.73 Å². The molecule has 3 rings (SSSR count). The van der Waals surface area contributed by atoms with E-state index in [1.807, 2.05) is 13.8 Å². The van der Waals surface area contributed by atoms with Crippen LogP contribution in [0.5, 0.6) is 0 Å².